The summed E-state index contributed by atoms with van der Waals surface area (Å²) < 4.78 is 1.51. The predicted molar refractivity (Wildman–Crippen MR) is 34.5 cm³/mol. The van der Waals surface area contributed by atoms with Gasteiger partial charge in [-0.3, -0.25) is 0 Å². The number of rotatable bonds is 0. The monoisotopic (exact) mass is 229 g/mol. The minimum absolute atomic E-state index is 0.286. The molecule has 1 aromatic heterocycles. The van der Waals surface area contributed by atoms with Crippen molar-refractivity contribution in [3.63, 3.8) is 0 Å². The number of aromatic nitrogens is 3. The van der Waals surface area contributed by atoms with Crippen molar-refractivity contribution in [1.82, 2.24) is 13.0 Å². The Labute approximate surface area is 59.2 Å². The van der Waals surface area contributed by atoms with E-state index < -0.39 is 0 Å². The van der Waals surface area contributed by atoms with Crippen molar-refractivity contribution < 1.29 is 0 Å². The van der Waals surface area contributed by atoms with Gasteiger partial charge in [-0.2, -0.15) is 2.90 Å². The molecule has 5 heteroatoms. The second kappa shape index (κ2) is 1.95. The van der Waals surface area contributed by atoms with Crippen molar-refractivity contribution >= 4 is 34.5 Å². The standard InChI is InChI=1S/C2HClIN3/c3-2-5-1-7(4)6-2/h1H. The van der Waals surface area contributed by atoms with Crippen LogP contribution in [0.25, 0.3) is 0 Å². The molecule has 0 saturated carbocycles. The van der Waals surface area contributed by atoms with Crippen molar-refractivity contribution in [2.24, 2.45) is 0 Å². The zero-order chi connectivity index (χ0) is 5.28. The highest BCUT2D eigenvalue weighted by molar-refractivity contribution is 14.1. The van der Waals surface area contributed by atoms with E-state index in [1.54, 1.807) is 0 Å². The lowest BCUT2D eigenvalue weighted by molar-refractivity contribution is 1.06. The van der Waals surface area contributed by atoms with Crippen LogP contribution in [0, 0.1) is 0 Å². The molecule has 0 unspecified atom stereocenters. The van der Waals surface area contributed by atoms with Gasteiger partial charge in [-0.1, -0.05) is 0 Å². The molecular weight excluding hydrogens is 228 g/mol. The highest BCUT2D eigenvalue weighted by Gasteiger charge is 1.88. The maximum absolute atomic E-state index is 5.31. The zero-order valence-electron chi connectivity index (χ0n) is 3.17. The maximum Gasteiger partial charge on any atom is 0.243 e. The van der Waals surface area contributed by atoms with Gasteiger partial charge in [0.25, 0.3) is 0 Å². The summed E-state index contributed by atoms with van der Waals surface area (Å²) in [5.41, 5.74) is 0. The largest absolute Gasteiger partial charge is 0.243 e. The van der Waals surface area contributed by atoms with E-state index in [9.17, 15) is 0 Å². The normalized spacial score (nSPS) is 9.43. The smallest absolute Gasteiger partial charge is 0.204 e. The van der Waals surface area contributed by atoms with Gasteiger partial charge in [0.1, 0.15) is 6.33 Å². The van der Waals surface area contributed by atoms with Gasteiger partial charge in [0, 0.05) is 0 Å². The van der Waals surface area contributed by atoms with Gasteiger partial charge < -0.3 is 0 Å². The molecule has 0 atom stereocenters. The van der Waals surface area contributed by atoms with E-state index in [0.29, 0.717) is 0 Å². The van der Waals surface area contributed by atoms with Gasteiger partial charge in [0.05, 0.1) is 22.9 Å². The summed E-state index contributed by atoms with van der Waals surface area (Å²) in [5, 5.41) is 3.96. The number of hydrogen-bond donors (Lipinski definition) is 0. The quantitative estimate of drug-likeness (QED) is 0.624. The lowest BCUT2D eigenvalue weighted by Crippen LogP contribution is -1.73. The van der Waals surface area contributed by atoms with E-state index in [0.717, 1.165) is 0 Å². The molecule has 0 amide bonds. The summed E-state index contributed by atoms with van der Waals surface area (Å²) in [5.74, 6) is 0. The molecule has 1 heterocycles. The van der Waals surface area contributed by atoms with Crippen LogP contribution in [0.5, 0.6) is 0 Å². The zero-order valence-corrected chi connectivity index (χ0v) is 6.09. The molecule has 0 fully saturated rings. The third kappa shape index (κ3) is 1.27. The summed E-state index contributed by atoms with van der Waals surface area (Å²) in [4.78, 5) is 3.63. The molecule has 0 aliphatic heterocycles. The first-order valence-electron chi connectivity index (χ1n) is 1.52. The molecule has 1 rings (SSSR count). The molecule has 0 bridgehead atoms. The maximum atomic E-state index is 5.31. The molecule has 0 N–H and O–H groups in total. The summed E-state index contributed by atoms with van der Waals surface area (Å²) >= 11 is 7.27. The average Bonchev–Trinajstić information content (AvgIpc) is 1.87. The lowest BCUT2D eigenvalue weighted by atomic mass is 11.3. The first-order chi connectivity index (χ1) is 3.29. The second-order valence-electron chi connectivity index (χ2n) is 0.902. The molecule has 7 heavy (non-hydrogen) atoms. The Balaban J connectivity index is 3.04. The minimum atomic E-state index is 0.286. The molecule has 0 aromatic carbocycles. The van der Waals surface area contributed by atoms with Crippen molar-refractivity contribution in [2.45, 2.75) is 0 Å². The number of hydrogen-bond acceptors (Lipinski definition) is 2. The molecule has 0 spiro atoms. The second-order valence-corrected chi connectivity index (χ2v) is 2.23. The van der Waals surface area contributed by atoms with E-state index in [-0.39, 0.29) is 5.28 Å². The fraction of sp³-hybridized carbons (Fsp3) is 0. The molecule has 0 radical (unpaired) electrons. The van der Waals surface area contributed by atoms with Gasteiger partial charge in [-0.25, -0.2) is 4.98 Å². The molecule has 0 aliphatic rings. The topological polar surface area (TPSA) is 30.7 Å². The van der Waals surface area contributed by atoms with Crippen LogP contribution in [0.3, 0.4) is 0 Å². The molecule has 0 saturated heterocycles. The number of nitrogens with zero attached hydrogens (tertiary/aromatic N) is 3. The third-order valence-corrected chi connectivity index (χ3v) is 1.08. The van der Waals surface area contributed by atoms with Crippen molar-refractivity contribution in [3.05, 3.63) is 11.6 Å². The molecule has 3 nitrogen and oxygen atoms in total. The Bertz CT molecular complexity index is 145. The van der Waals surface area contributed by atoms with Crippen LogP contribution >= 0.6 is 34.5 Å². The van der Waals surface area contributed by atoms with Crippen LogP contribution in [-0.4, -0.2) is 13.0 Å². The summed E-state index contributed by atoms with van der Waals surface area (Å²) in [6, 6.07) is 0. The Morgan fingerprint density at radius 3 is 2.71 bits per heavy atom. The first-order valence-corrected chi connectivity index (χ1v) is 2.86. The highest BCUT2D eigenvalue weighted by atomic mass is 127. The fourth-order valence-electron chi connectivity index (χ4n) is 0.226. The van der Waals surface area contributed by atoms with Gasteiger partial charge in [0.2, 0.25) is 5.28 Å². The van der Waals surface area contributed by atoms with E-state index >= 15 is 0 Å². The predicted octanol–water partition coefficient (Wildman–Crippen LogP) is 1.13. The van der Waals surface area contributed by atoms with Crippen molar-refractivity contribution in [1.29, 1.82) is 0 Å². The van der Waals surface area contributed by atoms with Crippen LogP contribution in [0.2, 0.25) is 5.28 Å². The molecule has 1 aromatic rings. The average molecular weight is 229 g/mol. The molecule has 38 valence electrons. The third-order valence-electron chi connectivity index (χ3n) is 0.438. The number of halogens is 2. The van der Waals surface area contributed by atoms with E-state index in [2.05, 4.69) is 10.1 Å². The van der Waals surface area contributed by atoms with Crippen LogP contribution in [0.1, 0.15) is 0 Å². The summed E-state index contributed by atoms with van der Waals surface area (Å²) in [7, 11) is 0. The Hall–Kier alpha value is 0.160. The Kier molecular flexibility index (Phi) is 1.48. The Morgan fingerprint density at radius 2 is 2.57 bits per heavy atom. The lowest BCUT2D eigenvalue weighted by Gasteiger charge is -1.71. The van der Waals surface area contributed by atoms with Crippen molar-refractivity contribution in [2.75, 3.05) is 0 Å². The van der Waals surface area contributed by atoms with Crippen LogP contribution in [0.15, 0.2) is 6.33 Å². The van der Waals surface area contributed by atoms with Gasteiger partial charge in [-0.05, 0) is 11.6 Å². The SMILES string of the molecule is Clc1ncn(I)n1. The minimum Gasteiger partial charge on any atom is -0.204 e. The summed E-state index contributed by atoms with van der Waals surface area (Å²) in [6.45, 7) is 0. The van der Waals surface area contributed by atoms with E-state index in [1.807, 2.05) is 22.9 Å². The molecule has 0 aliphatic carbocycles. The van der Waals surface area contributed by atoms with Crippen LogP contribution in [0.4, 0.5) is 0 Å². The van der Waals surface area contributed by atoms with Gasteiger partial charge in [0.15, 0.2) is 0 Å². The first kappa shape index (κ1) is 5.30. The van der Waals surface area contributed by atoms with Crippen LogP contribution < -0.4 is 0 Å². The fourth-order valence-corrected chi connectivity index (χ4v) is 0.807. The van der Waals surface area contributed by atoms with E-state index in [1.165, 1.54) is 9.22 Å². The van der Waals surface area contributed by atoms with E-state index in [4.69, 9.17) is 11.6 Å². The summed E-state index contributed by atoms with van der Waals surface area (Å²) in [6.07, 6.45) is 1.53. The molecular formula is C2HClIN3. The Morgan fingerprint density at radius 1 is 1.86 bits per heavy atom. The van der Waals surface area contributed by atoms with Gasteiger partial charge >= 0.3 is 0 Å². The van der Waals surface area contributed by atoms with Crippen molar-refractivity contribution in [3.8, 4) is 0 Å². The van der Waals surface area contributed by atoms with Crippen LogP contribution in [-0.2, 0) is 0 Å². The van der Waals surface area contributed by atoms with Gasteiger partial charge in [-0.15, -0.1) is 5.10 Å². The highest BCUT2D eigenvalue weighted by Crippen LogP contribution is 1.97.